The first-order valence-electron chi connectivity index (χ1n) is 7.59. The minimum atomic E-state index is -0.341. The van der Waals surface area contributed by atoms with Crippen LogP contribution < -0.4 is 5.32 Å². The molecule has 1 unspecified atom stereocenters. The highest BCUT2D eigenvalue weighted by molar-refractivity contribution is 5.97. The van der Waals surface area contributed by atoms with Crippen LogP contribution in [0, 0.1) is 0 Å². The van der Waals surface area contributed by atoms with Crippen molar-refractivity contribution in [2.24, 2.45) is 0 Å². The van der Waals surface area contributed by atoms with Crippen molar-refractivity contribution < 1.29 is 14.3 Å². The summed E-state index contributed by atoms with van der Waals surface area (Å²) in [5.41, 5.74) is 2.28. The van der Waals surface area contributed by atoms with Crippen molar-refractivity contribution in [2.45, 2.75) is 19.4 Å². The Balaban J connectivity index is 1.89. The normalized spacial score (nSPS) is 11.7. The number of nitrogens with one attached hydrogen (secondary N) is 1. The van der Waals surface area contributed by atoms with Gasteiger partial charge in [-0.25, -0.2) is 4.79 Å². The molecule has 4 heteroatoms. The maximum atomic E-state index is 12.1. The van der Waals surface area contributed by atoms with Gasteiger partial charge in [-0.15, -0.1) is 0 Å². The number of Topliss-reactive ketones (excluding diaryl/α,β-unsaturated/α-hetero) is 1. The number of ketones is 1. The Kier molecular flexibility index (Phi) is 6.06. The molecule has 0 aliphatic heterocycles. The topological polar surface area (TPSA) is 55.4 Å². The Morgan fingerprint density at radius 1 is 1.04 bits per heavy atom. The van der Waals surface area contributed by atoms with Crippen LogP contribution in [0.3, 0.4) is 0 Å². The fraction of sp³-hybridized carbons (Fsp3) is 0.263. The number of methoxy groups -OCH3 is 1. The largest absolute Gasteiger partial charge is 0.465 e. The first-order valence-corrected chi connectivity index (χ1v) is 7.59. The summed E-state index contributed by atoms with van der Waals surface area (Å²) in [6.45, 7) is 2.31. The van der Waals surface area contributed by atoms with Crippen LogP contribution >= 0.6 is 0 Å². The van der Waals surface area contributed by atoms with E-state index in [-0.39, 0.29) is 17.8 Å². The molecule has 0 aliphatic carbocycles. The Labute approximate surface area is 136 Å². The average molecular weight is 311 g/mol. The Morgan fingerprint density at radius 3 is 2.43 bits per heavy atom. The zero-order valence-electron chi connectivity index (χ0n) is 13.4. The van der Waals surface area contributed by atoms with Crippen LogP contribution in [0.15, 0.2) is 54.6 Å². The Bertz CT molecular complexity index is 667. The van der Waals surface area contributed by atoms with Crippen molar-refractivity contribution in [3.05, 3.63) is 71.3 Å². The number of ether oxygens (including phenoxy) is 1. The number of carbonyl (C=O) groups excluding carboxylic acids is 2. The third-order valence-corrected chi connectivity index (χ3v) is 3.60. The molecule has 2 aromatic rings. The molecule has 0 saturated carbocycles. The standard InChI is InChI=1S/C19H21NO3/c1-14(20-13-18(21)16-8-4-3-5-9-16)11-15-7-6-10-17(12-15)19(22)23-2/h3-10,12,14,20H,11,13H2,1-2H3. The van der Waals surface area contributed by atoms with E-state index in [1.165, 1.54) is 7.11 Å². The Hall–Kier alpha value is -2.46. The molecule has 120 valence electrons. The zero-order chi connectivity index (χ0) is 16.7. The second-order valence-corrected chi connectivity index (χ2v) is 5.47. The van der Waals surface area contributed by atoms with Crippen molar-refractivity contribution in [3.63, 3.8) is 0 Å². The van der Waals surface area contributed by atoms with E-state index in [1.807, 2.05) is 55.5 Å². The number of carbonyl (C=O) groups is 2. The van der Waals surface area contributed by atoms with Crippen molar-refractivity contribution in [1.29, 1.82) is 0 Å². The van der Waals surface area contributed by atoms with Crippen LogP contribution in [-0.2, 0) is 11.2 Å². The van der Waals surface area contributed by atoms with Gasteiger partial charge in [-0.1, -0.05) is 42.5 Å². The van der Waals surface area contributed by atoms with Crippen LogP contribution in [-0.4, -0.2) is 31.4 Å². The highest BCUT2D eigenvalue weighted by Gasteiger charge is 2.10. The van der Waals surface area contributed by atoms with E-state index in [9.17, 15) is 9.59 Å². The third kappa shape index (κ3) is 5.04. The minimum Gasteiger partial charge on any atom is -0.465 e. The lowest BCUT2D eigenvalue weighted by Gasteiger charge is -2.14. The molecule has 23 heavy (non-hydrogen) atoms. The molecule has 0 bridgehead atoms. The molecule has 1 N–H and O–H groups in total. The van der Waals surface area contributed by atoms with E-state index >= 15 is 0 Å². The molecular formula is C19H21NO3. The van der Waals surface area contributed by atoms with Gasteiger partial charge in [0.05, 0.1) is 19.2 Å². The molecule has 0 amide bonds. The lowest BCUT2D eigenvalue weighted by molar-refractivity contribution is 0.0600. The van der Waals surface area contributed by atoms with Gasteiger partial charge < -0.3 is 10.1 Å². The molecule has 0 fully saturated rings. The quantitative estimate of drug-likeness (QED) is 0.631. The second-order valence-electron chi connectivity index (χ2n) is 5.47. The summed E-state index contributed by atoms with van der Waals surface area (Å²) in [5.74, 6) is -0.271. The van der Waals surface area contributed by atoms with Gasteiger partial charge in [0.15, 0.2) is 5.78 Å². The number of benzene rings is 2. The molecule has 0 radical (unpaired) electrons. The van der Waals surface area contributed by atoms with Gasteiger partial charge in [0.2, 0.25) is 0 Å². The number of hydrogen-bond acceptors (Lipinski definition) is 4. The highest BCUT2D eigenvalue weighted by atomic mass is 16.5. The van der Waals surface area contributed by atoms with Crippen LogP contribution in [0.1, 0.15) is 33.2 Å². The molecule has 4 nitrogen and oxygen atoms in total. The predicted octanol–water partition coefficient (Wildman–Crippen LogP) is 2.88. The minimum absolute atomic E-state index is 0.0701. The number of esters is 1. The Morgan fingerprint density at radius 2 is 1.74 bits per heavy atom. The number of hydrogen-bond donors (Lipinski definition) is 1. The molecule has 0 heterocycles. The van der Waals surface area contributed by atoms with E-state index in [0.717, 1.165) is 12.0 Å². The number of rotatable bonds is 7. The lowest BCUT2D eigenvalue weighted by Crippen LogP contribution is -2.33. The SMILES string of the molecule is COC(=O)c1cccc(CC(C)NCC(=O)c2ccccc2)c1. The van der Waals surface area contributed by atoms with Crippen LogP contribution in [0.25, 0.3) is 0 Å². The van der Waals surface area contributed by atoms with Gasteiger partial charge in [0, 0.05) is 11.6 Å². The fourth-order valence-corrected chi connectivity index (χ4v) is 2.36. The summed E-state index contributed by atoms with van der Waals surface area (Å²) in [6.07, 6.45) is 0.729. The maximum Gasteiger partial charge on any atom is 0.337 e. The first kappa shape index (κ1) is 16.9. The summed E-state index contributed by atoms with van der Waals surface area (Å²) < 4.78 is 4.72. The van der Waals surface area contributed by atoms with Crippen LogP contribution in [0.2, 0.25) is 0 Å². The van der Waals surface area contributed by atoms with Crippen molar-refractivity contribution in [3.8, 4) is 0 Å². The summed E-state index contributed by atoms with van der Waals surface area (Å²) in [4.78, 5) is 23.6. The summed E-state index contributed by atoms with van der Waals surface area (Å²) >= 11 is 0. The summed E-state index contributed by atoms with van der Waals surface area (Å²) in [7, 11) is 1.37. The van der Waals surface area contributed by atoms with Crippen LogP contribution in [0.4, 0.5) is 0 Å². The molecule has 0 saturated heterocycles. The van der Waals surface area contributed by atoms with E-state index in [2.05, 4.69) is 5.32 Å². The van der Waals surface area contributed by atoms with E-state index in [4.69, 9.17) is 4.74 Å². The van der Waals surface area contributed by atoms with Gasteiger partial charge >= 0.3 is 5.97 Å². The monoisotopic (exact) mass is 311 g/mol. The van der Waals surface area contributed by atoms with Gasteiger partial charge in [0.1, 0.15) is 0 Å². The highest BCUT2D eigenvalue weighted by Crippen LogP contribution is 2.09. The molecule has 1 atom stereocenters. The average Bonchev–Trinajstić information content (AvgIpc) is 2.60. The van der Waals surface area contributed by atoms with E-state index in [1.54, 1.807) is 6.07 Å². The summed E-state index contributed by atoms with van der Waals surface area (Å²) in [5, 5.41) is 3.23. The molecule has 0 aliphatic rings. The van der Waals surface area contributed by atoms with Crippen molar-refractivity contribution in [2.75, 3.05) is 13.7 Å². The van der Waals surface area contributed by atoms with E-state index < -0.39 is 0 Å². The van der Waals surface area contributed by atoms with Gasteiger partial charge in [0.25, 0.3) is 0 Å². The van der Waals surface area contributed by atoms with Crippen LogP contribution in [0.5, 0.6) is 0 Å². The summed E-state index contributed by atoms with van der Waals surface area (Å²) in [6, 6.07) is 16.7. The molecule has 2 aromatic carbocycles. The zero-order valence-corrected chi connectivity index (χ0v) is 13.4. The van der Waals surface area contributed by atoms with Gasteiger partial charge in [-0.3, -0.25) is 4.79 Å². The second kappa shape index (κ2) is 8.25. The van der Waals surface area contributed by atoms with Crippen molar-refractivity contribution >= 4 is 11.8 Å². The fourth-order valence-electron chi connectivity index (χ4n) is 2.36. The molecular weight excluding hydrogens is 290 g/mol. The smallest absolute Gasteiger partial charge is 0.337 e. The first-order chi connectivity index (χ1) is 11.1. The van der Waals surface area contributed by atoms with E-state index in [0.29, 0.717) is 17.7 Å². The molecule has 0 aromatic heterocycles. The van der Waals surface area contributed by atoms with Gasteiger partial charge in [-0.05, 0) is 31.0 Å². The lowest BCUT2D eigenvalue weighted by atomic mass is 10.0. The predicted molar refractivity (Wildman–Crippen MR) is 89.7 cm³/mol. The molecule has 2 rings (SSSR count). The van der Waals surface area contributed by atoms with Crippen molar-refractivity contribution in [1.82, 2.24) is 5.32 Å². The van der Waals surface area contributed by atoms with Gasteiger partial charge in [-0.2, -0.15) is 0 Å². The molecule has 0 spiro atoms. The maximum absolute atomic E-state index is 12.1. The third-order valence-electron chi connectivity index (χ3n) is 3.60.